The van der Waals surface area contributed by atoms with E-state index in [0.29, 0.717) is 6.54 Å². The number of benzene rings is 1. The molecule has 1 aromatic rings. The summed E-state index contributed by atoms with van der Waals surface area (Å²) in [7, 11) is 1.86. The molecule has 1 aromatic carbocycles. The van der Waals surface area contributed by atoms with Crippen LogP contribution in [0.3, 0.4) is 0 Å². The minimum Gasteiger partial charge on any atom is -0.314 e. The first kappa shape index (κ1) is 18.7. The number of para-hydroxylation sites is 1. The molecule has 20 heavy (non-hydrogen) atoms. The molecular formula is C17H30N2O. The van der Waals surface area contributed by atoms with E-state index in [2.05, 4.69) is 18.7 Å². The van der Waals surface area contributed by atoms with Crippen molar-refractivity contribution in [2.45, 2.75) is 41.5 Å². The quantitative estimate of drug-likeness (QED) is 0.821. The molecule has 1 amide bonds. The molecule has 3 heteroatoms. The Kier molecular flexibility index (Phi) is 8.89. The summed E-state index contributed by atoms with van der Waals surface area (Å²) >= 11 is 0. The number of rotatable bonds is 5. The third-order valence-electron chi connectivity index (χ3n) is 3.40. The average molecular weight is 278 g/mol. The fraction of sp³-hybridized carbons (Fsp3) is 0.588. The molecule has 0 spiro atoms. The third-order valence-corrected chi connectivity index (χ3v) is 3.40. The van der Waals surface area contributed by atoms with Crippen LogP contribution in [0.25, 0.3) is 0 Å². The van der Waals surface area contributed by atoms with E-state index < -0.39 is 0 Å². The van der Waals surface area contributed by atoms with Gasteiger partial charge in [0.2, 0.25) is 5.91 Å². The number of likely N-dealkylation sites (N-methyl/N-ethyl adjacent to an activating group) is 2. The maximum absolute atomic E-state index is 12.3. The van der Waals surface area contributed by atoms with E-state index in [-0.39, 0.29) is 5.91 Å². The largest absolute Gasteiger partial charge is 0.314 e. The van der Waals surface area contributed by atoms with Gasteiger partial charge in [-0.3, -0.25) is 9.69 Å². The molecule has 3 nitrogen and oxygen atoms in total. The zero-order valence-corrected chi connectivity index (χ0v) is 14.2. The van der Waals surface area contributed by atoms with Gasteiger partial charge >= 0.3 is 0 Å². The molecular weight excluding hydrogens is 248 g/mol. The number of nitrogens with zero attached hydrogens (tertiary/aromatic N) is 2. The molecule has 0 aliphatic rings. The van der Waals surface area contributed by atoms with Crippen molar-refractivity contribution in [2.24, 2.45) is 0 Å². The van der Waals surface area contributed by atoms with E-state index >= 15 is 0 Å². The average Bonchev–Trinajstić information content (AvgIpc) is 2.46. The second kappa shape index (κ2) is 9.54. The third kappa shape index (κ3) is 4.97. The summed E-state index contributed by atoms with van der Waals surface area (Å²) in [6, 6.07) is 6.11. The van der Waals surface area contributed by atoms with Crippen LogP contribution in [0.4, 0.5) is 5.69 Å². The summed E-state index contributed by atoms with van der Waals surface area (Å²) in [6.45, 7) is 14.5. The Hall–Kier alpha value is -1.35. The molecule has 0 fully saturated rings. The zero-order chi connectivity index (χ0) is 15.7. The number of hydrogen-bond acceptors (Lipinski definition) is 2. The molecule has 0 aromatic heterocycles. The SMILES string of the molecule is CC.CCN(CC)CC(=O)N(C)c1c(C)cccc1C. The summed E-state index contributed by atoms with van der Waals surface area (Å²) in [5.74, 6) is 0.149. The fourth-order valence-corrected chi connectivity index (χ4v) is 2.20. The first-order chi connectivity index (χ1) is 9.51. The lowest BCUT2D eigenvalue weighted by atomic mass is 10.1. The van der Waals surface area contributed by atoms with Crippen LogP contribution in [-0.4, -0.2) is 37.5 Å². The van der Waals surface area contributed by atoms with Gasteiger partial charge in [-0.15, -0.1) is 0 Å². The first-order valence-corrected chi connectivity index (χ1v) is 7.56. The first-order valence-electron chi connectivity index (χ1n) is 7.56. The lowest BCUT2D eigenvalue weighted by Crippen LogP contribution is -2.38. The van der Waals surface area contributed by atoms with E-state index in [1.54, 1.807) is 4.90 Å². The van der Waals surface area contributed by atoms with E-state index in [9.17, 15) is 4.79 Å². The lowest BCUT2D eigenvalue weighted by Gasteiger charge is -2.25. The maximum Gasteiger partial charge on any atom is 0.240 e. The molecule has 0 aliphatic heterocycles. The number of carbonyl (C=O) groups is 1. The van der Waals surface area contributed by atoms with Gasteiger partial charge in [-0.25, -0.2) is 0 Å². The van der Waals surface area contributed by atoms with Crippen LogP contribution >= 0.6 is 0 Å². The molecule has 0 saturated carbocycles. The lowest BCUT2D eigenvalue weighted by molar-refractivity contribution is -0.119. The summed E-state index contributed by atoms with van der Waals surface area (Å²) in [6.07, 6.45) is 0. The van der Waals surface area contributed by atoms with Crippen molar-refractivity contribution in [3.63, 3.8) is 0 Å². The Morgan fingerprint density at radius 1 is 1.05 bits per heavy atom. The van der Waals surface area contributed by atoms with Gasteiger partial charge in [0.25, 0.3) is 0 Å². The molecule has 0 atom stereocenters. The van der Waals surface area contributed by atoms with Gasteiger partial charge in [0, 0.05) is 12.7 Å². The second-order valence-corrected chi connectivity index (χ2v) is 4.65. The number of carbonyl (C=O) groups excluding carboxylic acids is 1. The summed E-state index contributed by atoms with van der Waals surface area (Å²) in [5, 5.41) is 0. The number of hydrogen-bond donors (Lipinski definition) is 0. The highest BCUT2D eigenvalue weighted by Crippen LogP contribution is 2.23. The van der Waals surface area contributed by atoms with Crippen LogP contribution in [0.15, 0.2) is 18.2 Å². The van der Waals surface area contributed by atoms with Crippen LogP contribution in [-0.2, 0) is 4.79 Å². The van der Waals surface area contributed by atoms with E-state index in [4.69, 9.17) is 0 Å². The molecule has 0 bridgehead atoms. The monoisotopic (exact) mass is 278 g/mol. The Morgan fingerprint density at radius 2 is 1.50 bits per heavy atom. The number of anilines is 1. The van der Waals surface area contributed by atoms with Crippen LogP contribution < -0.4 is 4.90 Å². The topological polar surface area (TPSA) is 23.6 Å². The van der Waals surface area contributed by atoms with Crippen molar-refractivity contribution in [1.29, 1.82) is 0 Å². The normalized spacial score (nSPS) is 10.0. The highest BCUT2D eigenvalue weighted by molar-refractivity contribution is 5.95. The minimum atomic E-state index is 0.149. The fourth-order valence-electron chi connectivity index (χ4n) is 2.20. The van der Waals surface area contributed by atoms with Crippen molar-refractivity contribution >= 4 is 11.6 Å². The Balaban J connectivity index is 0.00000172. The smallest absolute Gasteiger partial charge is 0.240 e. The summed E-state index contributed by atoms with van der Waals surface area (Å²) in [4.78, 5) is 16.2. The van der Waals surface area contributed by atoms with Crippen LogP contribution in [0.2, 0.25) is 0 Å². The maximum atomic E-state index is 12.3. The summed E-state index contributed by atoms with van der Waals surface area (Å²) < 4.78 is 0. The van der Waals surface area contributed by atoms with Gasteiger partial charge in [0.15, 0.2) is 0 Å². The number of amides is 1. The Morgan fingerprint density at radius 3 is 1.90 bits per heavy atom. The number of aryl methyl sites for hydroxylation is 2. The van der Waals surface area contributed by atoms with Gasteiger partial charge in [0.1, 0.15) is 0 Å². The Bertz CT molecular complexity index is 391. The van der Waals surface area contributed by atoms with E-state index in [1.165, 1.54) is 0 Å². The van der Waals surface area contributed by atoms with Gasteiger partial charge in [-0.05, 0) is 38.1 Å². The molecule has 0 heterocycles. The van der Waals surface area contributed by atoms with Gasteiger partial charge in [0.05, 0.1) is 6.54 Å². The molecule has 0 aliphatic carbocycles. The van der Waals surface area contributed by atoms with Crippen molar-refractivity contribution in [2.75, 3.05) is 31.6 Å². The van der Waals surface area contributed by atoms with Crippen molar-refractivity contribution < 1.29 is 4.79 Å². The van der Waals surface area contributed by atoms with Gasteiger partial charge < -0.3 is 4.90 Å². The Labute approximate surface area is 124 Å². The highest BCUT2D eigenvalue weighted by Gasteiger charge is 2.16. The van der Waals surface area contributed by atoms with Crippen LogP contribution in [0.1, 0.15) is 38.8 Å². The molecule has 1 rings (SSSR count). The van der Waals surface area contributed by atoms with E-state index in [0.717, 1.165) is 29.9 Å². The van der Waals surface area contributed by atoms with Gasteiger partial charge in [-0.2, -0.15) is 0 Å². The van der Waals surface area contributed by atoms with Crippen LogP contribution in [0.5, 0.6) is 0 Å². The predicted octanol–water partition coefficient (Wildman–Crippen LogP) is 3.63. The zero-order valence-electron chi connectivity index (χ0n) is 14.2. The molecule has 0 N–H and O–H groups in total. The minimum absolute atomic E-state index is 0.149. The molecule has 0 unspecified atom stereocenters. The standard InChI is InChI=1S/C15H24N2O.C2H6/c1-6-17(7-2)11-14(18)16(5)15-12(3)9-8-10-13(15)4;1-2/h8-10H,6-7,11H2,1-5H3;1-2H3. The summed E-state index contributed by atoms with van der Waals surface area (Å²) in [5.41, 5.74) is 3.32. The van der Waals surface area contributed by atoms with Crippen molar-refractivity contribution in [3.05, 3.63) is 29.3 Å². The van der Waals surface area contributed by atoms with E-state index in [1.807, 2.05) is 52.9 Å². The van der Waals surface area contributed by atoms with Crippen LogP contribution in [0, 0.1) is 13.8 Å². The molecule has 0 saturated heterocycles. The van der Waals surface area contributed by atoms with Gasteiger partial charge in [-0.1, -0.05) is 45.9 Å². The second-order valence-electron chi connectivity index (χ2n) is 4.65. The molecule has 0 radical (unpaired) electrons. The highest BCUT2D eigenvalue weighted by atomic mass is 16.2. The predicted molar refractivity (Wildman–Crippen MR) is 88.5 cm³/mol. The van der Waals surface area contributed by atoms with Crippen molar-refractivity contribution in [3.8, 4) is 0 Å². The van der Waals surface area contributed by atoms with Crippen molar-refractivity contribution in [1.82, 2.24) is 4.90 Å². The molecule has 114 valence electrons.